The SMILES string of the molecule is NC(=O)c1cncc(NCc2ccc(N3CCCC3=O)cc2)n1. The summed E-state index contributed by atoms with van der Waals surface area (Å²) >= 11 is 0. The molecule has 1 aliphatic heterocycles. The Morgan fingerprint density at radius 3 is 2.70 bits per heavy atom. The van der Waals surface area contributed by atoms with E-state index in [-0.39, 0.29) is 11.6 Å². The van der Waals surface area contributed by atoms with Crippen LogP contribution in [0, 0.1) is 0 Å². The normalized spacial score (nSPS) is 14.1. The fourth-order valence-corrected chi connectivity index (χ4v) is 2.48. The largest absolute Gasteiger partial charge is 0.365 e. The van der Waals surface area contributed by atoms with E-state index in [4.69, 9.17) is 5.73 Å². The molecular weight excluding hydrogens is 294 g/mol. The molecule has 1 saturated heterocycles. The lowest BCUT2D eigenvalue weighted by Gasteiger charge is -2.16. The molecule has 7 nitrogen and oxygen atoms in total. The van der Waals surface area contributed by atoms with Gasteiger partial charge in [0, 0.05) is 25.2 Å². The molecule has 0 atom stereocenters. The highest BCUT2D eigenvalue weighted by Crippen LogP contribution is 2.21. The van der Waals surface area contributed by atoms with Gasteiger partial charge in [-0.3, -0.25) is 14.6 Å². The first kappa shape index (κ1) is 15.0. The predicted molar refractivity (Wildman–Crippen MR) is 85.9 cm³/mol. The molecule has 2 heterocycles. The summed E-state index contributed by atoms with van der Waals surface area (Å²) in [5, 5.41) is 3.09. The predicted octanol–water partition coefficient (Wildman–Crippen LogP) is 1.31. The lowest BCUT2D eigenvalue weighted by molar-refractivity contribution is -0.117. The average molecular weight is 311 g/mol. The van der Waals surface area contributed by atoms with Crippen LogP contribution in [0.3, 0.4) is 0 Å². The van der Waals surface area contributed by atoms with Crippen molar-refractivity contribution in [1.82, 2.24) is 9.97 Å². The summed E-state index contributed by atoms with van der Waals surface area (Å²) in [7, 11) is 0. The number of anilines is 2. The van der Waals surface area contributed by atoms with E-state index in [1.54, 1.807) is 4.90 Å². The first-order valence-corrected chi connectivity index (χ1v) is 7.38. The summed E-state index contributed by atoms with van der Waals surface area (Å²) in [4.78, 5) is 32.6. The zero-order valence-corrected chi connectivity index (χ0v) is 12.5. The molecule has 7 heteroatoms. The van der Waals surface area contributed by atoms with E-state index in [0.717, 1.165) is 24.2 Å². The van der Waals surface area contributed by atoms with Gasteiger partial charge in [0.25, 0.3) is 5.91 Å². The molecule has 0 aliphatic carbocycles. The number of primary amides is 1. The number of nitrogens with zero attached hydrogens (tertiary/aromatic N) is 3. The van der Waals surface area contributed by atoms with Crippen LogP contribution in [-0.4, -0.2) is 28.3 Å². The van der Waals surface area contributed by atoms with Gasteiger partial charge in [0.15, 0.2) is 0 Å². The second-order valence-corrected chi connectivity index (χ2v) is 5.32. The Hall–Kier alpha value is -2.96. The van der Waals surface area contributed by atoms with Crippen molar-refractivity contribution in [3.8, 4) is 0 Å². The van der Waals surface area contributed by atoms with Gasteiger partial charge in [-0.2, -0.15) is 0 Å². The van der Waals surface area contributed by atoms with Crippen molar-refractivity contribution in [3.63, 3.8) is 0 Å². The van der Waals surface area contributed by atoms with Gasteiger partial charge >= 0.3 is 0 Å². The number of carbonyl (C=O) groups is 2. The molecule has 3 rings (SSSR count). The van der Waals surface area contributed by atoms with Crippen molar-refractivity contribution in [3.05, 3.63) is 47.9 Å². The fourth-order valence-electron chi connectivity index (χ4n) is 2.48. The lowest BCUT2D eigenvalue weighted by Crippen LogP contribution is -2.23. The van der Waals surface area contributed by atoms with Crippen molar-refractivity contribution in [1.29, 1.82) is 0 Å². The molecule has 23 heavy (non-hydrogen) atoms. The molecule has 0 saturated carbocycles. The minimum absolute atomic E-state index is 0.123. The van der Waals surface area contributed by atoms with Crippen molar-refractivity contribution in [2.75, 3.05) is 16.8 Å². The van der Waals surface area contributed by atoms with Gasteiger partial charge in [-0.15, -0.1) is 0 Å². The van der Waals surface area contributed by atoms with Gasteiger partial charge in [-0.25, -0.2) is 4.98 Å². The number of carbonyl (C=O) groups excluding carboxylic acids is 2. The van der Waals surface area contributed by atoms with E-state index in [1.165, 1.54) is 12.4 Å². The molecule has 2 amide bonds. The number of hydrogen-bond donors (Lipinski definition) is 2. The van der Waals surface area contributed by atoms with Gasteiger partial charge in [0.2, 0.25) is 5.91 Å². The Morgan fingerprint density at radius 1 is 1.26 bits per heavy atom. The monoisotopic (exact) mass is 311 g/mol. The van der Waals surface area contributed by atoms with Crippen LogP contribution in [0.15, 0.2) is 36.7 Å². The van der Waals surface area contributed by atoms with E-state index in [9.17, 15) is 9.59 Å². The molecule has 0 bridgehead atoms. The third kappa shape index (κ3) is 3.45. The number of hydrogen-bond acceptors (Lipinski definition) is 5. The van der Waals surface area contributed by atoms with Crippen molar-refractivity contribution in [2.45, 2.75) is 19.4 Å². The first-order chi connectivity index (χ1) is 11.1. The Morgan fingerprint density at radius 2 is 2.04 bits per heavy atom. The highest BCUT2D eigenvalue weighted by atomic mass is 16.2. The van der Waals surface area contributed by atoms with Crippen LogP contribution in [-0.2, 0) is 11.3 Å². The van der Waals surface area contributed by atoms with Gasteiger partial charge in [0.1, 0.15) is 11.5 Å². The maximum atomic E-state index is 11.7. The minimum Gasteiger partial charge on any atom is -0.365 e. The van der Waals surface area contributed by atoms with Crippen LogP contribution < -0.4 is 16.0 Å². The molecule has 1 aromatic heterocycles. The Kier molecular flexibility index (Phi) is 4.18. The van der Waals surface area contributed by atoms with Gasteiger partial charge in [0.05, 0.1) is 12.4 Å². The lowest BCUT2D eigenvalue weighted by atomic mass is 10.2. The van der Waals surface area contributed by atoms with E-state index in [1.807, 2.05) is 24.3 Å². The van der Waals surface area contributed by atoms with Gasteiger partial charge in [-0.05, 0) is 24.1 Å². The first-order valence-electron chi connectivity index (χ1n) is 7.38. The number of amides is 2. The van der Waals surface area contributed by atoms with E-state index < -0.39 is 5.91 Å². The summed E-state index contributed by atoms with van der Waals surface area (Å²) in [6.45, 7) is 1.32. The van der Waals surface area contributed by atoms with Crippen LogP contribution in [0.25, 0.3) is 0 Å². The number of nitrogens with one attached hydrogen (secondary N) is 1. The molecule has 1 aromatic carbocycles. The molecule has 1 fully saturated rings. The summed E-state index contributed by atoms with van der Waals surface area (Å²) in [6, 6.07) is 7.79. The second kappa shape index (κ2) is 6.43. The molecule has 0 unspecified atom stereocenters. The van der Waals surface area contributed by atoms with Gasteiger partial charge < -0.3 is 16.0 Å². The highest BCUT2D eigenvalue weighted by molar-refractivity contribution is 5.95. The van der Waals surface area contributed by atoms with E-state index in [2.05, 4.69) is 15.3 Å². The minimum atomic E-state index is -0.610. The third-order valence-corrected chi connectivity index (χ3v) is 3.68. The molecule has 2 aromatic rings. The molecule has 118 valence electrons. The third-order valence-electron chi connectivity index (χ3n) is 3.68. The summed E-state index contributed by atoms with van der Waals surface area (Å²) in [6.07, 6.45) is 4.40. The quantitative estimate of drug-likeness (QED) is 0.867. The maximum Gasteiger partial charge on any atom is 0.268 e. The number of benzene rings is 1. The Bertz CT molecular complexity index is 730. The van der Waals surface area contributed by atoms with Crippen LogP contribution in [0.5, 0.6) is 0 Å². The zero-order chi connectivity index (χ0) is 16.2. The summed E-state index contributed by atoms with van der Waals surface area (Å²) in [5.41, 5.74) is 7.26. The zero-order valence-electron chi connectivity index (χ0n) is 12.5. The fraction of sp³-hybridized carbons (Fsp3) is 0.250. The van der Waals surface area contributed by atoms with Crippen LogP contribution >= 0.6 is 0 Å². The van der Waals surface area contributed by atoms with Gasteiger partial charge in [-0.1, -0.05) is 12.1 Å². The van der Waals surface area contributed by atoms with Crippen molar-refractivity contribution < 1.29 is 9.59 Å². The Labute approximate surface area is 133 Å². The van der Waals surface area contributed by atoms with E-state index >= 15 is 0 Å². The topological polar surface area (TPSA) is 101 Å². The van der Waals surface area contributed by atoms with Crippen LogP contribution in [0.4, 0.5) is 11.5 Å². The molecule has 1 aliphatic rings. The van der Waals surface area contributed by atoms with Crippen molar-refractivity contribution >= 4 is 23.3 Å². The number of rotatable bonds is 5. The number of aromatic nitrogens is 2. The summed E-state index contributed by atoms with van der Waals surface area (Å²) in [5.74, 6) is 0.0512. The molecule has 0 radical (unpaired) electrons. The van der Waals surface area contributed by atoms with Crippen LogP contribution in [0.1, 0.15) is 28.9 Å². The average Bonchev–Trinajstić information content (AvgIpc) is 3.00. The highest BCUT2D eigenvalue weighted by Gasteiger charge is 2.21. The molecular formula is C16H17N5O2. The molecule has 3 N–H and O–H groups in total. The summed E-state index contributed by atoms with van der Waals surface area (Å²) < 4.78 is 0. The number of nitrogens with two attached hydrogens (primary N) is 1. The maximum absolute atomic E-state index is 11.7. The van der Waals surface area contributed by atoms with Crippen LogP contribution in [0.2, 0.25) is 0 Å². The Balaban J connectivity index is 1.63. The standard InChI is InChI=1S/C16H17N5O2/c17-16(23)13-9-18-10-14(20-13)19-8-11-3-5-12(6-4-11)21-7-1-2-15(21)22/h3-6,9-10H,1-2,7-8H2,(H2,17,23)(H,19,20). The van der Waals surface area contributed by atoms with E-state index in [0.29, 0.717) is 18.8 Å². The van der Waals surface area contributed by atoms with Crippen molar-refractivity contribution in [2.24, 2.45) is 5.73 Å². The smallest absolute Gasteiger partial charge is 0.268 e. The second-order valence-electron chi connectivity index (χ2n) is 5.32. The molecule has 0 spiro atoms.